The first-order valence-corrected chi connectivity index (χ1v) is 12.2. The summed E-state index contributed by atoms with van der Waals surface area (Å²) in [4.78, 5) is 0. The van der Waals surface area contributed by atoms with Crippen LogP contribution >= 0.6 is 0 Å². The van der Waals surface area contributed by atoms with Gasteiger partial charge in [-0.15, -0.1) is 10.2 Å². The smallest absolute Gasteiger partial charge is 0.145 e. The summed E-state index contributed by atoms with van der Waals surface area (Å²) in [6.07, 6.45) is 0.656. The van der Waals surface area contributed by atoms with Gasteiger partial charge in [-0.1, -0.05) is 53.7 Å². The Hall–Kier alpha value is -4.72. The number of phenolic OH excluding ortho intramolecular Hbond substituents is 2. The first-order valence-electron chi connectivity index (χ1n) is 12.2. The van der Waals surface area contributed by atoms with Crippen LogP contribution in [0.15, 0.2) is 72.8 Å². The summed E-state index contributed by atoms with van der Waals surface area (Å²) in [6, 6.07) is 23.0. The first-order chi connectivity index (χ1) is 18.0. The molecule has 0 bridgehead atoms. The van der Waals surface area contributed by atoms with E-state index in [-0.39, 0.29) is 17.4 Å². The lowest BCUT2D eigenvalue weighted by molar-refractivity contribution is 0.447. The van der Waals surface area contributed by atoms with Crippen molar-refractivity contribution < 1.29 is 10.2 Å². The van der Waals surface area contributed by atoms with E-state index in [0.717, 1.165) is 33.2 Å². The molecule has 8 nitrogen and oxygen atoms in total. The van der Waals surface area contributed by atoms with E-state index in [4.69, 9.17) is 0 Å². The predicted octanol–water partition coefficient (Wildman–Crippen LogP) is 5.72. The van der Waals surface area contributed by atoms with E-state index in [0.29, 0.717) is 28.9 Å². The monoisotopic (exact) mass is 490 g/mol. The Morgan fingerprint density at radius 3 is 1.54 bits per heavy atom. The topological polar surface area (TPSA) is 102 Å². The van der Waals surface area contributed by atoms with Gasteiger partial charge >= 0.3 is 0 Å². The van der Waals surface area contributed by atoms with Gasteiger partial charge in [0.1, 0.15) is 33.9 Å². The zero-order valence-corrected chi connectivity index (χ0v) is 20.8. The van der Waals surface area contributed by atoms with Gasteiger partial charge in [-0.3, -0.25) is 0 Å². The van der Waals surface area contributed by atoms with Gasteiger partial charge < -0.3 is 10.2 Å². The van der Waals surface area contributed by atoms with Crippen molar-refractivity contribution in [1.29, 1.82) is 0 Å². The molecule has 0 aliphatic carbocycles. The minimum atomic E-state index is -0.276. The number of para-hydroxylation sites is 2. The van der Waals surface area contributed by atoms with E-state index in [1.165, 1.54) is 0 Å². The van der Waals surface area contributed by atoms with E-state index in [1.807, 2.05) is 93.6 Å². The Morgan fingerprint density at radius 2 is 1.11 bits per heavy atom. The summed E-state index contributed by atoms with van der Waals surface area (Å²) in [5.74, 6) is -0.0506. The lowest BCUT2D eigenvalue weighted by atomic mass is 9.85. The van der Waals surface area contributed by atoms with Gasteiger partial charge in [-0.25, -0.2) is 9.36 Å². The molecular formula is C29H26N6O2. The minimum Gasteiger partial charge on any atom is -0.505 e. The second-order valence-electron chi connectivity index (χ2n) is 9.38. The van der Waals surface area contributed by atoms with Crippen LogP contribution in [-0.4, -0.2) is 40.2 Å². The van der Waals surface area contributed by atoms with Crippen LogP contribution in [0.1, 0.15) is 41.5 Å². The highest BCUT2D eigenvalue weighted by Crippen LogP contribution is 2.43. The van der Waals surface area contributed by atoms with Gasteiger partial charge in [0.15, 0.2) is 0 Å². The maximum atomic E-state index is 11.6. The van der Waals surface area contributed by atoms with Crippen molar-refractivity contribution in [1.82, 2.24) is 30.0 Å². The fourth-order valence-corrected chi connectivity index (χ4v) is 5.13. The molecule has 0 spiro atoms. The summed E-state index contributed by atoms with van der Waals surface area (Å²) >= 11 is 0. The Kier molecular flexibility index (Phi) is 5.37. The van der Waals surface area contributed by atoms with Crippen LogP contribution in [0.3, 0.4) is 0 Å². The van der Waals surface area contributed by atoms with Gasteiger partial charge in [0.2, 0.25) is 0 Å². The normalized spacial score (nSPS) is 11.7. The number of nitrogens with zero attached hydrogens (tertiary/aromatic N) is 6. The molecule has 6 aromatic rings. The summed E-state index contributed by atoms with van der Waals surface area (Å²) in [6.45, 7) is 6.02. The van der Waals surface area contributed by atoms with Gasteiger partial charge in [0.05, 0.1) is 11.0 Å². The molecule has 0 atom stereocenters. The van der Waals surface area contributed by atoms with Crippen LogP contribution < -0.4 is 0 Å². The molecular weight excluding hydrogens is 464 g/mol. The lowest BCUT2D eigenvalue weighted by Gasteiger charge is -2.22. The molecule has 0 aliphatic heterocycles. The molecule has 4 aromatic carbocycles. The average Bonchev–Trinajstić information content (AvgIpc) is 3.52. The number of rotatable bonds is 5. The number of hydrogen-bond donors (Lipinski definition) is 2. The van der Waals surface area contributed by atoms with Crippen LogP contribution in [0.5, 0.6) is 11.5 Å². The van der Waals surface area contributed by atoms with Gasteiger partial charge in [0, 0.05) is 17.0 Å². The van der Waals surface area contributed by atoms with E-state index in [1.54, 1.807) is 9.36 Å². The molecule has 0 saturated heterocycles. The third kappa shape index (κ3) is 3.69. The minimum absolute atomic E-state index is 0.113. The molecule has 0 unspecified atom stereocenters. The summed E-state index contributed by atoms with van der Waals surface area (Å²) in [5, 5.41) is 40.3. The van der Waals surface area contributed by atoms with Crippen molar-refractivity contribution in [3.63, 3.8) is 0 Å². The van der Waals surface area contributed by atoms with Crippen molar-refractivity contribution in [3.8, 4) is 22.9 Å². The molecule has 0 amide bonds. The second-order valence-corrected chi connectivity index (χ2v) is 9.38. The van der Waals surface area contributed by atoms with Crippen LogP contribution in [0.25, 0.3) is 33.4 Å². The van der Waals surface area contributed by atoms with Crippen LogP contribution in [0.4, 0.5) is 0 Å². The van der Waals surface area contributed by atoms with E-state index in [2.05, 4.69) is 20.6 Å². The molecule has 184 valence electrons. The third-order valence-corrected chi connectivity index (χ3v) is 6.85. The third-order valence-electron chi connectivity index (χ3n) is 6.85. The largest absolute Gasteiger partial charge is 0.505 e. The number of hydrogen-bond acceptors (Lipinski definition) is 6. The van der Waals surface area contributed by atoms with Gasteiger partial charge in [-0.05, 0) is 67.8 Å². The number of aromatic nitrogens is 6. The number of aryl methyl sites for hydroxylation is 2. The molecule has 2 heterocycles. The second kappa shape index (κ2) is 8.74. The average molecular weight is 491 g/mol. The zero-order chi connectivity index (χ0) is 25.7. The Morgan fingerprint density at radius 1 is 0.676 bits per heavy atom. The number of fused-ring (bicyclic) bond motifs is 2. The quantitative estimate of drug-likeness (QED) is 0.320. The van der Waals surface area contributed by atoms with Crippen molar-refractivity contribution in [3.05, 3.63) is 95.1 Å². The van der Waals surface area contributed by atoms with Crippen molar-refractivity contribution >= 4 is 22.1 Å². The first kappa shape index (κ1) is 22.7. The van der Waals surface area contributed by atoms with Crippen molar-refractivity contribution in [2.75, 3.05) is 0 Å². The highest BCUT2D eigenvalue weighted by molar-refractivity contribution is 5.78. The Labute approximate surface area is 213 Å². The number of benzene rings is 4. The lowest BCUT2D eigenvalue weighted by Crippen LogP contribution is -2.07. The molecule has 0 saturated carbocycles. The van der Waals surface area contributed by atoms with Crippen LogP contribution in [0.2, 0.25) is 0 Å². The van der Waals surface area contributed by atoms with Gasteiger partial charge in [0.25, 0.3) is 0 Å². The molecule has 6 rings (SSSR count). The van der Waals surface area contributed by atoms with Crippen molar-refractivity contribution in [2.24, 2.45) is 0 Å². The Bertz CT molecular complexity index is 1660. The fourth-order valence-electron chi connectivity index (χ4n) is 5.13. The van der Waals surface area contributed by atoms with E-state index < -0.39 is 0 Å². The standard InChI is InChI=1S/C29H26N6O2/c1-4-19(20-13-17(2)15-26(28(20)36)34-24-11-7-5-9-22(24)30-32-34)21-14-18(3)16-27(29(21)37)35-25-12-8-6-10-23(25)31-33-35/h5-16,19,36-37H,4H2,1-3H3. The molecule has 0 radical (unpaired) electrons. The molecule has 0 aliphatic rings. The maximum absolute atomic E-state index is 11.6. The van der Waals surface area contributed by atoms with E-state index in [9.17, 15) is 10.2 Å². The highest BCUT2D eigenvalue weighted by Gasteiger charge is 2.25. The highest BCUT2D eigenvalue weighted by atomic mass is 16.3. The molecule has 37 heavy (non-hydrogen) atoms. The SMILES string of the molecule is CCC(c1cc(C)cc(-n2nnc3ccccc32)c1O)c1cc(C)cc(-n2nnc3ccccc32)c1O. The fraction of sp³-hybridized carbons (Fsp3) is 0.172. The summed E-state index contributed by atoms with van der Waals surface area (Å²) in [5.41, 5.74) is 7.58. The molecule has 0 fully saturated rings. The predicted molar refractivity (Wildman–Crippen MR) is 143 cm³/mol. The number of phenols is 2. The van der Waals surface area contributed by atoms with E-state index >= 15 is 0 Å². The Balaban J connectivity index is 1.53. The number of aromatic hydroxyl groups is 2. The van der Waals surface area contributed by atoms with Crippen molar-refractivity contribution in [2.45, 2.75) is 33.1 Å². The molecule has 2 aromatic heterocycles. The van der Waals surface area contributed by atoms with Gasteiger partial charge in [-0.2, -0.15) is 0 Å². The molecule has 2 N–H and O–H groups in total. The zero-order valence-electron chi connectivity index (χ0n) is 20.8. The molecule has 8 heteroatoms. The summed E-state index contributed by atoms with van der Waals surface area (Å²) < 4.78 is 3.33. The maximum Gasteiger partial charge on any atom is 0.145 e. The van der Waals surface area contributed by atoms with Crippen LogP contribution in [-0.2, 0) is 0 Å². The summed E-state index contributed by atoms with van der Waals surface area (Å²) in [7, 11) is 0. The van der Waals surface area contributed by atoms with Crippen LogP contribution in [0, 0.1) is 13.8 Å².